The number of nitrogens with zero attached hydrogens (tertiary/aromatic N) is 2. The summed E-state index contributed by atoms with van der Waals surface area (Å²) in [6.45, 7) is 7.88. The van der Waals surface area contributed by atoms with E-state index in [0.717, 1.165) is 32.5 Å². The van der Waals surface area contributed by atoms with E-state index in [4.69, 9.17) is 4.74 Å². The number of esters is 1. The number of hydrogen-bond donors (Lipinski definition) is 0. The second-order valence-corrected chi connectivity index (χ2v) is 5.10. The molecule has 1 rings (SSSR count). The molecule has 0 aromatic carbocycles. The molecule has 0 radical (unpaired) electrons. The summed E-state index contributed by atoms with van der Waals surface area (Å²) in [4.78, 5) is 27.5. The molecule has 0 bridgehead atoms. The standard InChI is InChI=1S/C14H26N2O3/c1-4-16-8-6-12(7-9-16)15(3)11-13(17)10-14(18)19-5-2/h12H,4-11H2,1-3H3. The van der Waals surface area contributed by atoms with Gasteiger partial charge in [-0.15, -0.1) is 0 Å². The zero-order valence-corrected chi connectivity index (χ0v) is 12.4. The maximum absolute atomic E-state index is 11.7. The highest BCUT2D eigenvalue weighted by molar-refractivity contribution is 5.96. The van der Waals surface area contributed by atoms with E-state index < -0.39 is 5.97 Å². The van der Waals surface area contributed by atoms with Crippen LogP contribution in [-0.4, -0.2) is 67.4 Å². The number of likely N-dealkylation sites (N-methyl/N-ethyl adjacent to an activating group) is 1. The Balaban J connectivity index is 2.28. The largest absolute Gasteiger partial charge is 0.466 e. The van der Waals surface area contributed by atoms with E-state index in [1.807, 2.05) is 7.05 Å². The maximum Gasteiger partial charge on any atom is 0.313 e. The van der Waals surface area contributed by atoms with Gasteiger partial charge < -0.3 is 9.64 Å². The van der Waals surface area contributed by atoms with Crippen molar-refractivity contribution in [2.24, 2.45) is 0 Å². The van der Waals surface area contributed by atoms with Crippen LogP contribution in [0.1, 0.15) is 33.1 Å². The lowest BCUT2D eigenvalue weighted by Gasteiger charge is -2.35. The van der Waals surface area contributed by atoms with E-state index in [0.29, 0.717) is 19.2 Å². The van der Waals surface area contributed by atoms with Gasteiger partial charge in [-0.2, -0.15) is 0 Å². The maximum atomic E-state index is 11.7. The fourth-order valence-electron chi connectivity index (χ4n) is 2.51. The summed E-state index contributed by atoms with van der Waals surface area (Å²) in [6, 6.07) is 0.453. The Bertz CT molecular complexity index is 299. The minimum Gasteiger partial charge on any atom is -0.466 e. The summed E-state index contributed by atoms with van der Waals surface area (Å²) in [7, 11) is 1.97. The molecule has 1 fully saturated rings. The minimum atomic E-state index is -0.415. The average Bonchev–Trinajstić information content (AvgIpc) is 2.38. The first kappa shape index (κ1) is 16.1. The van der Waals surface area contributed by atoms with Crippen molar-refractivity contribution >= 4 is 11.8 Å². The summed E-state index contributed by atoms with van der Waals surface area (Å²) in [6.07, 6.45) is 2.08. The number of ether oxygens (including phenoxy) is 1. The fourth-order valence-corrected chi connectivity index (χ4v) is 2.51. The molecule has 19 heavy (non-hydrogen) atoms. The van der Waals surface area contributed by atoms with E-state index in [1.165, 1.54) is 0 Å². The van der Waals surface area contributed by atoms with E-state index in [1.54, 1.807) is 6.92 Å². The molecule has 1 aliphatic heterocycles. The van der Waals surface area contributed by atoms with Crippen molar-refractivity contribution in [3.05, 3.63) is 0 Å². The summed E-state index contributed by atoms with van der Waals surface area (Å²) >= 11 is 0. The van der Waals surface area contributed by atoms with Crippen LogP contribution in [0.4, 0.5) is 0 Å². The van der Waals surface area contributed by atoms with Gasteiger partial charge >= 0.3 is 5.97 Å². The number of carbonyl (C=O) groups is 2. The molecule has 0 N–H and O–H groups in total. The molecule has 0 atom stereocenters. The van der Waals surface area contributed by atoms with Gasteiger partial charge in [0.25, 0.3) is 0 Å². The number of likely N-dealkylation sites (tertiary alicyclic amines) is 1. The molecule has 0 spiro atoms. The second-order valence-electron chi connectivity index (χ2n) is 5.10. The number of Topliss-reactive ketones (excluding diaryl/α,β-unsaturated/α-hetero) is 1. The molecule has 1 saturated heterocycles. The third kappa shape index (κ3) is 5.70. The average molecular weight is 270 g/mol. The first-order valence-electron chi connectivity index (χ1n) is 7.16. The van der Waals surface area contributed by atoms with Crippen LogP contribution in [0.5, 0.6) is 0 Å². The SMILES string of the molecule is CCOC(=O)CC(=O)CN(C)C1CCN(CC)CC1. The van der Waals surface area contributed by atoms with E-state index in [2.05, 4.69) is 16.7 Å². The molecular formula is C14H26N2O3. The van der Waals surface area contributed by atoms with E-state index in [-0.39, 0.29) is 12.2 Å². The monoisotopic (exact) mass is 270 g/mol. The first-order valence-corrected chi connectivity index (χ1v) is 7.16. The molecule has 5 nitrogen and oxygen atoms in total. The van der Waals surface area contributed by atoms with Gasteiger partial charge in [-0.1, -0.05) is 6.92 Å². The Labute approximate surface area is 115 Å². The normalized spacial score (nSPS) is 17.7. The van der Waals surface area contributed by atoms with Gasteiger partial charge in [-0.25, -0.2) is 0 Å². The van der Waals surface area contributed by atoms with Crippen LogP contribution < -0.4 is 0 Å². The van der Waals surface area contributed by atoms with Crippen LogP contribution in [0.2, 0.25) is 0 Å². The second kappa shape index (κ2) is 8.27. The molecule has 0 aliphatic carbocycles. The smallest absolute Gasteiger partial charge is 0.313 e. The molecule has 1 aliphatic rings. The first-order chi connectivity index (χ1) is 9.06. The summed E-state index contributed by atoms with van der Waals surface area (Å²) in [5.74, 6) is -0.472. The quantitative estimate of drug-likeness (QED) is 0.509. The van der Waals surface area contributed by atoms with Gasteiger partial charge in [0, 0.05) is 6.04 Å². The topological polar surface area (TPSA) is 49.9 Å². The highest BCUT2D eigenvalue weighted by atomic mass is 16.5. The van der Waals surface area contributed by atoms with Crippen molar-refractivity contribution in [2.45, 2.75) is 39.2 Å². The molecule has 1 heterocycles. The highest BCUT2D eigenvalue weighted by Gasteiger charge is 2.23. The number of hydrogen-bond acceptors (Lipinski definition) is 5. The third-order valence-corrected chi connectivity index (χ3v) is 3.70. The van der Waals surface area contributed by atoms with E-state index >= 15 is 0 Å². The van der Waals surface area contributed by atoms with Gasteiger partial charge in [0.2, 0.25) is 0 Å². The van der Waals surface area contributed by atoms with Crippen molar-refractivity contribution in [2.75, 3.05) is 39.8 Å². The summed E-state index contributed by atoms with van der Waals surface area (Å²) in [5, 5.41) is 0. The zero-order valence-electron chi connectivity index (χ0n) is 12.4. The Morgan fingerprint density at radius 3 is 2.42 bits per heavy atom. The van der Waals surface area contributed by atoms with Crippen LogP contribution >= 0.6 is 0 Å². The van der Waals surface area contributed by atoms with Crippen molar-refractivity contribution in [1.82, 2.24) is 9.80 Å². The Morgan fingerprint density at radius 2 is 1.89 bits per heavy atom. The third-order valence-electron chi connectivity index (χ3n) is 3.70. The number of carbonyl (C=O) groups excluding carboxylic acids is 2. The number of ketones is 1. The van der Waals surface area contributed by atoms with Crippen LogP contribution in [0, 0.1) is 0 Å². The molecule has 0 amide bonds. The van der Waals surface area contributed by atoms with Crippen LogP contribution in [-0.2, 0) is 14.3 Å². The predicted octanol–water partition coefficient (Wildman–Crippen LogP) is 0.925. The van der Waals surface area contributed by atoms with Crippen LogP contribution in [0.3, 0.4) is 0 Å². The summed E-state index contributed by atoms with van der Waals surface area (Å²) in [5.41, 5.74) is 0. The molecule has 110 valence electrons. The fraction of sp³-hybridized carbons (Fsp3) is 0.857. The van der Waals surface area contributed by atoms with Crippen molar-refractivity contribution in [3.63, 3.8) is 0 Å². The van der Waals surface area contributed by atoms with Gasteiger partial charge in [0.05, 0.1) is 13.2 Å². The minimum absolute atomic E-state index is 0.0566. The lowest BCUT2D eigenvalue weighted by Crippen LogP contribution is -2.44. The lowest BCUT2D eigenvalue weighted by molar-refractivity contribution is -0.145. The van der Waals surface area contributed by atoms with E-state index in [9.17, 15) is 9.59 Å². The highest BCUT2D eigenvalue weighted by Crippen LogP contribution is 2.15. The molecule has 5 heteroatoms. The lowest BCUT2D eigenvalue weighted by atomic mass is 10.0. The van der Waals surface area contributed by atoms with Crippen molar-refractivity contribution in [1.29, 1.82) is 0 Å². The number of piperidine rings is 1. The van der Waals surface area contributed by atoms with Crippen molar-refractivity contribution in [3.8, 4) is 0 Å². The number of rotatable bonds is 7. The molecule has 0 aromatic rings. The van der Waals surface area contributed by atoms with Gasteiger partial charge in [-0.05, 0) is 46.4 Å². The Hall–Kier alpha value is -0.940. The predicted molar refractivity (Wildman–Crippen MR) is 74.0 cm³/mol. The van der Waals surface area contributed by atoms with Gasteiger partial charge in [0.1, 0.15) is 6.42 Å². The molecular weight excluding hydrogens is 244 g/mol. The Kier molecular flexibility index (Phi) is 7.02. The van der Waals surface area contributed by atoms with Crippen LogP contribution in [0.15, 0.2) is 0 Å². The molecule has 0 aromatic heterocycles. The molecule has 0 saturated carbocycles. The Morgan fingerprint density at radius 1 is 1.26 bits per heavy atom. The van der Waals surface area contributed by atoms with Gasteiger partial charge in [-0.3, -0.25) is 14.5 Å². The van der Waals surface area contributed by atoms with Crippen LogP contribution in [0.25, 0.3) is 0 Å². The van der Waals surface area contributed by atoms with Gasteiger partial charge in [0.15, 0.2) is 5.78 Å². The molecule has 0 unspecified atom stereocenters. The van der Waals surface area contributed by atoms with Crippen molar-refractivity contribution < 1.29 is 14.3 Å². The summed E-state index contributed by atoms with van der Waals surface area (Å²) < 4.78 is 4.78. The zero-order chi connectivity index (χ0) is 14.3.